The van der Waals surface area contributed by atoms with E-state index in [0.717, 1.165) is 0 Å². The number of hydrogen-bond acceptors (Lipinski definition) is 2. The smallest absolute Gasteiger partial charge is 0.407 e. The van der Waals surface area contributed by atoms with Gasteiger partial charge in [-0.25, -0.2) is 4.79 Å². The number of nitrogens with one attached hydrogen (secondary N) is 1. The lowest BCUT2D eigenvalue weighted by molar-refractivity contribution is 0.0929. The van der Waals surface area contributed by atoms with Crippen molar-refractivity contribution in [1.29, 1.82) is 0 Å². The van der Waals surface area contributed by atoms with Gasteiger partial charge in [0.15, 0.2) is 0 Å². The lowest BCUT2D eigenvalue weighted by atomic mass is 9.82. The summed E-state index contributed by atoms with van der Waals surface area (Å²) in [6.45, 7) is 5.24. The fourth-order valence-corrected chi connectivity index (χ4v) is 1.80. The molecule has 0 radical (unpaired) electrons. The molecule has 1 fully saturated rings. The Hall–Kier alpha value is -1.51. The first-order valence-electron chi connectivity index (χ1n) is 5.08. The predicted molar refractivity (Wildman–Crippen MR) is 57.9 cm³/mol. The van der Waals surface area contributed by atoms with Crippen LogP contribution < -0.4 is 5.32 Å². The molecule has 1 atom stereocenters. The second-order valence-electron chi connectivity index (χ2n) is 4.36. The van der Waals surface area contributed by atoms with E-state index in [1.165, 1.54) is 11.1 Å². The highest BCUT2D eigenvalue weighted by Crippen LogP contribution is 2.26. The van der Waals surface area contributed by atoms with E-state index in [0.29, 0.717) is 13.2 Å². The second-order valence-corrected chi connectivity index (χ2v) is 4.36. The summed E-state index contributed by atoms with van der Waals surface area (Å²) in [4.78, 5) is 10.9. The number of cyclic esters (lactones) is 1. The standard InChI is InChI=1S/C12H15NO2/c1-9-4-3-5-10(6-9)12(2)7-13-11(14)15-8-12/h3-6H,7-8H2,1-2H3,(H,13,14). The summed E-state index contributed by atoms with van der Waals surface area (Å²) >= 11 is 0. The molecule has 1 amide bonds. The SMILES string of the molecule is Cc1cccc(C2(C)CNC(=O)OC2)c1. The second kappa shape index (κ2) is 3.57. The average molecular weight is 205 g/mol. The quantitative estimate of drug-likeness (QED) is 0.761. The van der Waals surface area contributed by atoms with Gasteiger partial charge in [-0.3, -0.25) is 0 Å². The number of rotatable bonds is 1. The third-order valence-electron chi connectivity index (χ3n) is 2.86. The molecule has 1 aliphatic heterocycles. The van der Waals surface area contributed by atoms with Gasteiger partial charge in [0.2, 0.25) is 0 Å². The van der Waals surface area contributed by atoms with Gasteiger partial charge < -0.3 is 10.1 Å². The third-order valence-corrected chi connectivity index (χ3v) is 2.86. The summed E-state index contributed by atoms with van der Waals surface area (Å²) in [7, 11) is 0. The summed E-state index contributed by atoms with van der Waals surface area (Å²) in [6, 6.07) is 8.32. The molecule has 1 heterocycles. The zero-order valence-electron chi connectivity index (χ0n) is 9.04. The molecule has 3 nitrogen and oxygen atoms in total. The van der Waals surface area contributed by atoms with E-state index < -0.39 is 0 Å². The van der Waals surface area contributed by atoms with E-state index in [1.807, 2.05) is 6.07 Å². The van der Waals surface area contributed by atoms with Crippen molar-refractivity contribution in [3.8, 4) is 0 Å². The van der Waals surface area contributed by atoms with Crippen LogP contribution in [-0.2, 0) is 10.2 Å². The van der Waals surface area contributed by atoms with Gasteiger partial charge in [0.05, 0.1) is 0 Å². The summed E-state index contributed by atoms with van der Waals surface area (Å²) in [6.07, 6.45) is -0.319. The molecule has 80 valence electrons. The minimum atomic E-state index is -0.319. The molecule has 0 aromatic heterocycles. The molecule has 2 rings (SSSR count). The molecule has 0 saturated carbocycles. The van der Waals surface area contributed by atoms with Crippen molar-refractivity contribution in [2.45, 2.75) is 19.3 Å². The van der Waals surface area contributed by atoms with Crippen LogP contribution in [0.2, 0.25) is 0 Å². The van der Waals surface area contributed by atoms with Crippen LogP contribution in [0.1, 0.15) is 18.1 Å². The van der Waals surface area contributed by atoms with Gasteiger partial charge in [0.25, 0.3) is 0 Å². The summed E-state index contributed by atoms with van der Waals surface area (Å²) in [5.41, 5.74) is 2.33. The zero-order chi connectivity index (χ0) is 10.9. The number of aryl methyl sites for hydroxylation is 1. The van der Waals surface area contributed by atoms with Crippen LogP contribution >= 0.6 is 0 Å². The first-order valence-corrected chi connectivity index (χ1v) is 5.08. The summed E-state index contributed by atoms with van der Waals surface area (Å²) in [5, 5.41) is 2.73. The van der Waals surface area contributed by atoms with E-state index >= 15 is 0 Å². The van der Waals surface area contributed by atoms with Gasteiger partial charge in [0.1, 0.15) is 6.61 Å². The number of ether oxygens (including phenoxy) is 1. The van der Waals surface area contributed by atoms with Crippen LogP contribution in [0.25, 0.3) is 0 Å². The third kappa shape index (κ3) is 1.96. The molecule has 1 aromatic rings. The van der Waals surface area contributed by atoms with E-state index in [-0.39, 0.29) is 11.5 Å². The Morgan fingerprint density at radius 3 is 2.87 bits per heavy atom. The first kappa shape index (κ1) is 10.0. The van der Waals surface area contributed by atoms with Gasteiger partial charge in [0, 0.05) is 12.0 Å². The van der Waals surface area contributed by atoms with E-state index in [2.05, 4.69) is 37.4 Å². The van der Waals surface area contributed by atoms with E-state index in [9.17, 15) is 4.79 Å². The minimum Gasteiger partial charge on any atom is -0.449 e. The Labute approximate surface area is 89.4 Å². The molecule has 1 N–H and O–H groups in total. The number of amides is 1. The normalized spacial score (nSPS) is 25.6. The maximum atomic E-state index is 10.9. The fraction of sp³-hybridized carbons (Fsp3) is 0.417. The lowest BCUT2D eigenvalue weighted by Gasteiger charge is -2.33. The fourth-order valence-electron chi connectivity index (χ4n) is 1.80. The molecular formula is C12H15NO2. The number of carbonyl (C=O) groups is 1. The first-order chi connectivity index (χ1) is 7.10. The lowest BCUT2D eigenvalue weighted by Crippen LogP contribution is -2.48. The van der Waals surface area contributed by atoms with Gasteiger partial charge in [-0.15, -0.1) is 0 Å². The van der Waals surface area contributed by atoms with Crippen molar-refractivity contribution in [2.75, 3.05) is 13.2 Å². The Morgan fingerprint density at radius 2 is 2.27 bits per heavy atom. The molecule has 1 aliphatic rings. The Balaban J connectivity index is 2.25. The number of carbonyl (C=O) groups excluding carboxylic acids is 1. The highest BCUT2D eigenvalue weighted by atomic mass is 16.6. The maximum absolute atomic E-state index is 10.9. The highest BCUT2D eigenvalue weighted by Gasteiger charge is 2.32. The monoisotopic (exact) mass is 205 g/mol. The van der Waals surface area contributed by atoms with Gasteiger partial charge in [-0.2, -0.15) is 0 Å². The van der Waals surface area contributed by atoms with Crippen LogP contribution in [-0.4, -0.2) is 19.2 Å². The topological polar surface area (TPSA) is 38.3 Å². The molecule has 3 heteroatoms. The highest BCUT2D eigenvalue weighted by molar-refractivity contribution is 5.68. The maximum Gasteiger partial charge on any atom is 0.407 e. The Morgan fingerprint density at radius 1 is 1.47 bits per heavy atom. The van der Waals surface area contributed by atoms with E-state index in [4.69, 9.17) is 4.74 Å². The number of benzene rings is 1. The molecule has 1 unspecified atom stereocenters. The largest absolute Gasteiger partial charge is 0.449 e. The van der Waals surface area contributed by atoms with Crippen LogP contribution in [0.15, 0.2) is 24.3 Å². The van der Waals surface area contributed by atoms with Crippen LogP contribution in [0.3, 0.4) is 0 Å². The number of alkyl carbamates (subject to hydrolysis) is 1. The Bertz CT molecular complexity index is 377. The molecule has 1 saturated heterocycles. The summed E-state index contributed by atoms with van der Waals surface area (Å²) < 4.78 is 5.04. The molecule has 0 spiro atoms. The van der Waals surface area contributed by atoms with Crippen molar-refractivity contribution < 1.29 is 9.53 Å². The van der Waals surface area contributed by atoms with Crippen molar-refractivity contribution in [3.63, 3.8) is 0 Å². The van der Waals surface area contributed by atoms with Crippen molar-refractivity contribution in [1.82, 2.24) is 5.32 Å². The minimum absolute atomic E-state index is 0.111. The van der Waals surface area contributed by atoms with Crippen molar-refractivity contribution in [2.24, 2.45) is 0 Å². The van der Waals surface area contributed by atoms with Gasteiger partial charge in [-0.1, -0.05) is 36.8 Å². The van der Waals surface area contributed by atoms with E-state index in [1.54, 1.807) is 0 Å². The molecule has 15 heavy (non-hydrogen) atoms. The molecular weight excluding hydrogens is 190 g/mol. The van der Waals surface area contributed by atoms with Crippen molar-refractivity contribution in [3.05, 3.63) is 35.4 Å². The van der Waals surface area contributed by atoms with Crippen molar-refractivity contribution >= 4 is 6.09 Å². The predicted octanol–water partition coefficient (Wildman–Crippen LogP) is 1.99. The zero-order valence-corrected chi connectivity index (χ0v) is 9.04. The molecule has 0 bridgehead atoms. The summed E-state index contributed by atoms with van der Waals surface area (Å²) in [5.74, 6) is 0. The Kier molecular flexibility index (Phi) is 2.39. The van der Waals surface area contributed by atoms with Crippen LogP contribution in [0.5, 0.6) is 0 Å². The van der Waals surface area contributed by atoms with Gasteiger partial charge >= 0.3 is 6.09 Å². The molecule has 0 aliphatic carbocycles. The average Bonchev–Trinajstić information content (AvgIpc) is 2.23. The number of hydrogen-bond donors (Lipinski definition) is 1. The molecule has 1 aromatic carbocycles. The van der Waals surface area contributed by atoms with Crippen LogP contribution in [0.4, 0.5) is 4.79 Å². The van der Waals surface area contributed by atoms with Gasteiger partial charge in [-0.05, 0) is 12.5 Å². The van der Waals surface area contributed by atoms with Crippen LogP contribution in [0, 0.1) is 6.92 Å².